The van der Waals surface area contributed by atoms with Gasteiger partial charge in [0, 0.05) is 11.9 Å². The first-order valence-corrected chi connectivity index (χ1v) is 5.74. The Morgan fingerprint density at radius 3 is 2.61 bits per heavy atom. The second kappa shape index (κ2) is 4.41. The van der Waals surface area contributed by atoms with Gasteiger partial charge in [0.2, 0.25) is 0 Å². The molecule has 18 heavy (non-hydrogen) atoms. The highest BCUT2D eigenvalue weighted by Crippen LogP contribution is 2.21. The van der Waals surface area contributed by atoms with Gasteiger partial charge in [0.15, 0.2) is 5.82 Å². The van der Waals surface area contributed by atoms with Crippen molar-refractivity contribution in [1.82, 2.24) is 15.0 Å². The lowest BCUT2D eigenvalue weighted by Gasteiger charge is -2.08. The van der Waals surface area contributed by atoms with Gasteiger partial charge < -0.3 is 5.32 Å². The van der Waals surface area contributed by atoms with Crippen molar-refractivity contribution in [3.05, 3.63) is 54.5 Å². The van der Waals surface area contributed by atoms with Gasteiger partial charge in [0.25, 0.3) is 0 Å². The van der Waals surface area contributed by atoms with Crippen LogP contribution in [0.2, 0.25) is 0 Å². The molecule has 1 N–H and O–H groups in total. The van der Waals surface area contributed by atoms with Gasteiger partial charge in [-0.05, 0) is 31.2 Å². The van der Waals surface area contributed by atoms with Gasteiger partial charge in [-0.25, -0.2) is 9.97 Å². The van der Waals surface area contributed by atoms with Crippen molar-refractivity contribution < 1.29 is 0 Å². The number of anilines is 2. The van der Waals surface area contributed by atoms with E-state index in [1.807, 2.05) is 49.4 Å². The predicted molar refractivity (Wildman–Crippen MR) is 71.8 cm³/mol. The van der Waals surface area contributed by atoms with Crippen molar-refractivity contribution in [3.63, 3.8) is 0 Å². The molecule has 0 radical (unpaired) electrons. The topological polar surface area (TPSA) is 50.7 Å². The molecular weight excluding hydrogens is 224 g/mol. The second-order valence-electron chi connectivity index (χ2n) is 3.98. The Morgan fingerprint density at radius 2 is 1.78 bits per heavy atom. The van der Waals surface area contributed by atoms with Crippen molar-refractivity contribution in [1.29, 1.82) is 0 Å². The lowest BCUT2D eigenvalue weighted by atomic mass is 10.3. The molecule has 88 valence electrons. The van der Waals surface area contributed by atoms with Crippen molar-refractivity contribution in [2.75, 3.05) is 5.32 Å². The second-order valence-corrected chi connectivity index (χ2v) is 3.98. The van der Waals surface area contributed by atoms with E-state index in [1.165, 1.54) is 0 Å². The van der Waals surface area contributed by atoms with E-state index in [1.54, 1.807) is 6.20 Å². The molecule has 2 heterocycles. The number of hydrogen-bond acceptors (Lipinski definition) is 4. The zero-order valence-corrected chi connectivity index (χ0v) is 9.96. The van der Waals surface area contributed by atoms with Gasteiger partial charge in [-0.1, -0.05) is 18.2 Å². The number of aryl methyl sites for hydroxylation is 1. The smallest absolute Gasteiger partial charge is 0.160 e. The number of fused-ring (bicyclic) bond motifs is 1. The fraction of sp³-hybridized carbons (Fsp3) is 0.0714. The fourth-order valence-electron chi connectivity index (χ4n) is 1.83. The molecule has 0 spiro atoms. The SMILES string of the molecule is Cc1nc(Nc2ccccc2)c2ncccc2n1. The maximum atomic E-state index is 4.41. The lowest BCUT2D eigenvalue weighted by Crippen LogP contribution is -1.99. The molecule has 0 amide bonds. The summed E-state index contributed by atoms with van der Waals surface area (Å²) in [7, 11) is 0. The Labute approximate surface area is 105 Å². The van der Waals surface area contributed by atoms with Gasteiger partial charge in [0.05, 0.1) is 5.52 Å². The van der Waals surface area contributed by atoms with E-state index < -0.39 is 0 Å². The Morgan fingerprint density at radius 1 is 0.944 bits per heavy atom. The largest absolute Gasteiger partial charge is 0.338 e. The van der Waals surface area contributed by atoms with E-state index in [0.717, 1.165) is 28.4 Å². The molecule has 0 aliphatic rings. The Balaban J connectivity index is 2.11. The monoisotopic (exact) mass is 236 g/mol. The maximum Gasteiger partial charge on any atom is 0.160 e. The van der Waals surface area contributed by atoms with E-state index in [0.29, 0.717) is 0 Å². The summed E-state index contributed by atoms with van der Waals surface area (Å²) in [4.78, 5) is 13.1. The number of aromatic nitrogens is 3. The van der Waals surface area contributed by atoms with Crippen LogP contribution in [-0.4, -0.2) is 15.0 Å². The summed E-state index contributed by atoms with van der Waals surface area (Å²) in [5, 5.41) is 3.27. The molecule has 0 aliphatic heterocycles. The summed E-state index contributed by atoms with van der Waals surface area (Å²) in [5.74, 6) is 1.47. The van der Waals surface area contributed by atoms with Gasteiger partial charge in [-0.2, -0.15) is 0 Å². The van der Waals surface area contributed by atoms with Gasteiger partial charge in [0.1, 0.15) is 11.3 Å². The molecule has 3 aromatic rings. The quantitative estimate of drug-likeness (QED) is 0.742. The fourth-order valence-corrected chi connectivity index (χ4v) is 1.83. The molecule has 4 heteroatoms. The molecule has 2 aromatic heterocycles. The third-order valence-electron chi connectivity index (χ3n) is 2.60. The zero-order valence-electron chi connectivity index (χ0n) is 9.96. The first-order chi connectivity index (χ1) is 8.83. The molecule has 0 saturated heterocycles. The minimum atomic E-state index is 0.730. The minimum absolute atomic E-state index is 0.730. The average Bonchev–Trinajstić information content (AvgIpc) is 2.40. The van der Waals surface area contributed by atoms with E-state index >= 15 is 0 Å². The van der Waals surface area contributed by atoms with E-state index in [4.69, 9.17) is 0 Å². The summed E-state index contributed by atoms with van der Waals surface area (Å²) >= 11 is 0. The highest BCUT2D eigenvalue weighted by atomic mass is 15.0. The van der Waals surface area contributed by atoms with Crippen LogP contribution >= 0.6 is 0 Å². The molecule has 3 rings (SSSR count). The first-order valence-electron chi connectivity index (χ1n) is 5.74. The van der Waals surface area contributed by atoms with E-state index in [-0.39, 0.29) is 0 Å². The van der Waals surface area contributed by atoms with Gasteiger partial charge >= 0.3 is 0 Å². The molecule has 0 saturated carbocycles. The van der Waals surface area contributed by atoms with Crippen molar-refractivity contribution in [3.8, 4) is 0 Å². The number of para-hydroxylation sites is 1. The molecule has 4 nitrogen and oxygen atoms in total. The van der Waals surface area contributed by atoms with Crippen LogP contribution in [-0.2, 0) is 0 Å². The molecule has 0 atom stereocenters. The number of nitrogens with one attached hydrogen (secondary N) is 1. The number of nitrogens with zero attached hydrogens (tertiary/aromatic N) is 3. The summed E-state index contributed by atoms with van der Waals surface area (Å²) in [6, 6.07) is 13.7. The Bertz CT molecular complexity index is 680. The molecule has 0 aliphatic carbocycles. The standard InChI is InChI=1S/C14H12N4/c1-10-16-12-8-5-9-15-13(12)14(17-10)18-11-6-3-2-4-7-11/h2-9H,1H3,(H,16,17,18). The van der Waals surface area contributed by atoms with Crippen molar-refractivity contribution in [2.45, 2.75) is 6.92 Å². The van der Waals surface area contributed by atoms with Crippen LogP contribution in [0.5, 0.6) is 0 Å². The van der Waals surface area contributed by atoms with Gasteiger partial charge in [-0.3, -0.25) is 4.98 Å². The molecular formula is C14H12N4. The summed E-state index contributed by atoms with van der Waals surface area (Å²) in [5.41, 5.74) is 2.62. The van der Waals surface area contributed by atoms with Crippen molar-refractivity contribution >= 4 is 22.5 Å². The van der Waals surface area contributed by atoms with Crippen molar-refractivity contribution in [2.24, 2.45) is 0 Å². The lowest BCUT2D eigenvalue weighted by molar-refractivity contribution is 1.08. The minimum Gasteiger partial charge on any atom is -0.338 e. The van der Waals surface area contributed by atoms with Crippen LogP contribution in [0, 0.1) is 6.92 Å². The maximum absolute atomic E-state index is 4.41. The highest BCUT2D eigenvalue weighted by molar-refractivity contribution is 5.86. The molecule has 0 fully saturated rings. The molecule has 0 unspecified atom stereocenters. The molecule has 1 aromatic carbocycles. The normalized spacial score (nSPS) is 10.5. The Kier molecular flexibility index (Phi) is 2.61. The van der Waals surface area contributed by atoms with Crippen LogP contribution in [0.25, 0.3) is 11.0 Å². The summed E-state index contributed by atoms with van der Waals surface area (Å²) in [6.07, 6.45) is 1.75. The van der Waals surface area contributed by atoms with Crippen LogP contribution < -0.4 is 5.32 Å². The van der Waals surface area contributed by atoms with Crippen LogP contribution in [0.4, 0.5) is 11.5 Å². The molecule has 0 bridgehead atoms. The van der Waals surface area contributed by atoms with Gasteiger partial charge in [-0.15, -0.1) is 0 Å². The van der Waals surface area contributed by atoms with E-state index in [2.05, 4.69) is 20.3 Å². The average molecular weight is 236 g/mol. The Hall–Kier alpha value is -2.49. The summed E-state index contributed by atoms with van der Waals surface area (Å²) < 4.78 is 0. The number of pyridine rings is 1. The highest BCUT2D eigenvalue weighted by Gasteiger charge is 2.06. The summed E-state index contributed by atoms with van der Waals surface area (Å²) in [6.45, 7) is 1.88. The van der Waals surface area contributed by atoms with E-state index in [9.17, 15) is 0 Å². The van der Waals surface area contributed by atoms with Crippen LogP contribution in [0.1, 0.15) is 5.82 Å². The zero-order chi connectivity index (χ0) is 12.4. The van der Waals surface area contributed by atoms with Crippen LogP contribution in [0.15, 0.2) is 48.7 Å². The predicted octanol–water partition coefficient (Wildman–Crippen LogP) is 3.08. The number of benzene rings is 1. The third-order valence-corrected chi connectivity index (χ3v) is 2.60. The van der Waals surface area contributed by atoms with Crippen LogP contribution in [0.3, 0.4) is 0 Å². The third kappa shape index (κ3) is 2.00. The number of rotatable bonds is 2. The number of hydrogen-bond donors (Lipinski definition) is 1. The first kappa shape index (κ1) is 10.7.